The molecular weight excluding hydrogens is 246 g/mol. The molecule has 0 heterocycles. The summed E-state index contributed by atoms with van der Waals surface area (Å²) in [6.45, 7) is 7.14. The van der Waals surface area contributed by atoms with Crippen LogP contribution in [0.4, 0.5) is 5.69 Å². The molecule has 0 amide bonds. The molecule has 106 valence electrons. The maximum absolute atomic E-state index is 5.18. The van der Waals surface area contributed by atoms with E-state index in [1.165, 1.54) is 22.3 Å². The van der Waals surface area contributed by atoms with E-state index in [1.54, 1.807) is 7.11 Å². The highest BCUT2D eigenvalue weighted by Crippen LogP contribution is 2.23. The Hall–Kier alpha value is -1.80. The molecule has 20 heavy (non-hydrogen) atoms. The molecule has 2 heteroatoms. The first-order chi connectivity index (χ1) is 9.60. The summed E-state index contributed by atoms with van der Waals surface area (Å²) >= 11 is 0. The van der Waals surface area contributed by atoms with E-state index in [2.05, 4.69) is 68.6 Å². The first-order valence-electron chi connectivity index (χ1n) is 7.01. The number of hydrogen-bond acceptors (Lipinski definition) is 2. The standard InChI is InChI=1S/C18H23NO/c1-13-8-9-14(2)18(10-13)15(3)19-17-7-5-6-16(11-17)12-20-4/h5-11,15,19H,12H2,1-4H3. The normalized spacial score (nSPS) is 12.2. The van der Waals surface area contributed by atoms with Crippen molar-refractivity contribution in [1.82, 2.24) is 0 Å². The van der Waals surface area contributed by atoms with E-state index >= 15 is 0 Å². The number of benzene rings is 2. The summed E-state index contributed by atoms with van der Waals surface area (Å²) < 4.78 is 5.18. The lowest BCUT2D eigenvalue weighted by Crippen LogP contribution is -2.08. The van der Waals surface area contributed by atoms with E-state index in [0.717, 1.165) is 5.69 Å². The Morgan fingerprint density at radius 2 is 1.90 bits per heavy atom. The summed E-state index contributed by atoms with van der Waals surface area (Å²) in [4.78, 5) is 0. The van der Waals surface area contributed by atoms with E-state index in [9.17, 15) is 0 Å². The number of anilines is 1. The van der Waals surface area contributed by atoms with Gasteiger partial charge in [0.1, 0.15) is 0 Å². The molecule has 0 aromatic heterocycles. The lowest BCUT2D eigenvalue weighted by atomic mass is 9.99. The first kappa shape index (κ1) is 14.6. The van der Waals surface area contributed by atoms with Gasteiger partial charge in [-0.1, -0.05) is 35.9 Å². The van der Waals surface area contributed by atoms with E-state index < -0.39 is 0 Å². The zero-order valence-corrected chi connectivity index (χ0v) is 12.7. The van der Waals surface area contributed by atoms with Crippen LogP contribution >= 0.6 is 0 Å². The van der Waals surface area contributed by atoms with Crippen LogP contribution in [0.3, 0.4) is 0 Å². The van der Waals surface area contributed by atoms with E-state index in [-0.39, 0.29) is 6.04 Å². The van der Waals surface area contributed by atoms with Gasteiger partial charge in [0, 0.05) is 18.8 Å². The van der Waals surface area contributed by atoms with Gasteiger partial charge in [-0.25, -0.2) is 0 Å². The van der Waals surface area contributed by atoms with Crippen LogP contribution in [0.1, 0.15) is 35.2 Å². The fourth-order valence-electron chi connectivity index (χ4n) is 2.47. The Kier molecular flexibility index (Phi) is 4.80. The van der Waals surface area contributed by atoms with Gasteiger partial charge < -0.3 is 10.1 Å². The first-order valence-corrected chi connectivity index (χ1v) is 7.01. The number of rotatable bonds is 5. The number of aryl methyl sites for hydroxylation is 2. The number of hydrogen-bond donors (Lipinski definition) is 1. The van der Waals surface area contributed by atoms with Crippen LogP contribution in [0.2, 0.25) is 0 Å². The maximum Gasteiger partial charge on any atom is 0.0713 e. The van der Waals surface area contributed by atoms with E-state index in [1.807, 2.05) is 0 Å². The van der Waals surface area contributed by atoms with Gasteiger partial charge >= 0.3 is 0 Å². The SMILES string of the molecule is COCc1cccc(NC(C)c2cc(C)ccc2C)c1. The average molecular weight is 269 g/mol. The fraction of sp³-hybridized carbons (Fsp3) is 0.333. The third kappa shape index (κ3) is 3.61. The molecule has 2 aromatic rings. The Bertz CT molecular complexity index is 577. The predicted molar refractivity (Wildman–Crippen MR) is 85.1 cm³/mol. The maximum atomic E-state index is 5.18. The largest absolute Gasteiger partial charge is 0.380 e. The monoisotopic (exact) mass is 269 g/mol. The Morgan fingerprint density at radius 3 is 2.65 bits per heavy atom. The van der Waals surface area contributed by atoms with E-state index in [0.29, 0.717) is 6.61 Å². The van der Waals surface area contributed by atoms with Crippen molar-refractivity contribution in [2.24, 2.45) is 0 Å². The minimum atomic E-state index is 0.285. The van der Waals surface area contributed by atoms with Gasteiger partial charge in [-0.05, 0) is 49.6 Å². The molecule has 1 unspecified atom stereocenters. The molecule has 2 rings (SSSR count). The van der Waals surface area contributed by atoms with Crippen molar-refractivity contribution in [3.63, 3.8) is 0 Å². The van der Waals surface area contributed by atoms with Crippen molar-refractivity contribution in [3.8, 4) is 0 Å². The molecule has 1 atom stereocenters. The molecule has 0 spiro atoms. The number of ether oxygens (including phenoxy) is 1. The van der Waals surface area contributed by atoms with Crippen LogP contribution in [0.25, 0.3) is 0 Å². The van der Waals surface area contributed by atoms with Crippen molar-refractivity contribution in [2.75, 3.05) is 12.4 Å². The third-order valence-corrected chi connectivity index (χ3v) is 3.52. The van der Waals surface area contributed by atoms with Crippen molar-refractivity contribution < 1.29 is 4.74 Å². The molecule has 1 N–H and O–H groups in total. The second-order valence-electron chi connectivity index (χ2n) is 5.36. The van der Waals surface area contributed by atoms with Crippen molar-refractivity contribution >= 4 is 5.69 Å². The molecule has 2 nitrogen and oxygen atoms in total. The van der Waals surface area contributed by atoms with Crippen LogP contribution in [-0.2, 0) is 11.3 Å². The van der Waals surface area contributed by atoms with Gasteiger partial charge in [-0.3, -0.25) is 0 Å². The molecule has 0 fully saturated rings. The van der Waals surface area contributed by atoms with Crippen LogP contribution in [0, 0.1) is 13.8 Å². The zero-order chi connectivity index (χ0) is 14.5. The van der Waals surface area contributed by atoms with Crippen LogP contribution in [0.5, 0.6) is 0 Å². The summed E-state index contributed by atoms with van der Waals surface area (Å²) in [5.74, 6) is 0. The van der Waals surface area contributed by atoms with Gasteiger partial charge in [0.05, 0.1) is 6.61 Å². The minimum absolute atomic E-state index is 0.285. The third-order valence-electron chi connectivity index (χ3n) is 3.52. The highest BCUT2D eigenvalue weighted by Gasteiger charge is 2.08. The van der Waals surface area contributed by atoms with Crippen molar-refractivity contribution in [3.05, 3.63) is 64.7 Å². The fourth-order valence-corrected chi connectivity index (χ4v) is 2.47. The smallest absolute Gasteiger partial charge is 0.0713 e. The molecule has 0 aliphatic carbocycles. The number of nitrogens with one attached hydrogen (secondary N) is 1. The lowest BCUT2D eigenvalue weighted by molar-refractivity contribution is 0.185. The quantitative estimate of drug-likeness (QED) is 0.855. The molecular formula is C18H23NO. The van der Waals surface area contributed by atoms with Crippen molar-refractivity contribution in [2.45, 2.75) is 33.4 Å². The zero-order valence-electron chi connectivity index (χ0n) is 12.7. The van der Waals surface area contributed by atoms with Gasteiger partial charge in [0.2, 0.25) is 0 Å². The summed E-state index contributed by atoms with van der Waals surface area (Å²) in [7, 11) is 1.72. The van der Waals surface area contributed by atoms with Crippen LogP contribution < -0.4 is 5.32 Å². The predicted octanol–water partition coefficient (Wildman–Crippen LogP) is 4.62. The Morgan fingerprint density at radius 1 is 1.10 bits per heavy atom. The van der Waals surface area contributed by atoms with Gasteiger partial charge in [-0.15, -0.1) is 0 Å². The molecule has 2 aromatic carbocycles. The summed E-state index contributed by atoms with van der Waals surface area (Å²) in [6, 6.07) is 15.3. The molecule has 0 bridgehead atoms. The molecule has 0 radical (unpaired) electrons. The highest BCUT2D eigenvalue weighted by atomic mass is 16.5. The summed E-state index contributed by atoms with van der Waals surface area (Å²) in [5, 5.41) is 3.57. The van der Waals surface area contributed by atoms with Crippen LogP contribution in [-0.4, -0.2) is 7.11 Å². The Balaban J connectivity index is 2.16. The van der Waals surface area contributed by atoms with Gasteiger partial charge in [0.15, 0.2) is 0 Å². The summed E-state index contributed by atoms with van der Waals surface area (Å²) in [5.41, 5.74) is 6.29. The van der Waals surface area contributed by atoms with E-state index in [4.69, 9.17) is 4.74 Å². The second kappa shape index (κ2) is 6.58. The van der Waals surface area contributed by atoms with Gasteiger partial charge in [0.25, 0.3) is 0 Å². The second-order valence-corrected chi connectivity index (χ2v) is 5.36. The minimum Gasteiger partial charge on any atom is -0.380 e. The topological polar surface area (TPSA) is 21.3 Å². The van der Waals surface area contributed by atoms with Gasteiger partial charge in [-0.2, -0.15) is 0 Å². The van der Waals surface area contributed by atoms with Crippen molar-refractivity contribution in [1.29, 1.82) is 0 Å². The summed E-state index contributed by atoms with van der Waals surface area (Å²) in [6.07, 6.45) is 0. The average Bonchev–Trinajstić information content (AvgIpc) is 2.42. The molecule has 0 aliphatic heterocycles. The van der Waals surface area contributed by atoms with Crippen LogP contribution in [0.15, 0.2) is 42.5 Å². The highest BCUT2D eigenvalue weighted by molar-refractivity contribution is 5.48. The number of methoxy groups -OCH3 is 1. The Labute approximate surface area is 121 Å². The molecule has 0 aliphatic rings. The molecule has 0 saturated heterocycles. The molecule has 0 saturated carbocycles. The lowest BCUT2D eigenvalue weighted by Gasteiger charge is -2.19.